The maximum atomic E-state index is 12.4. The molecule has 1 aliphatic rings. The monoisotopic (exact) mass is 332 g/mol. The van der Waals surface area contributed by atoms with Crippen molar-refractivity contribution >= 4 is 29.9 Å². The van der Waals surface area contributed by atoms with Crippen LogP contribution < -0.4 is 10.1 Å². The van der Waals surface area contributed by atoms with E-state index in [4.69, 9.17) is 16.3 Å². The number of carbonyl (C=O) groups is 1. The van der Waals surface area contributed by atoms with E-state index < -0.39 is 6.10 Å². The van der Waals surface area contributed by atoms with Gasteiger partial charge in [0.05, 0.1) is 0 Å². The van der Waals surface area contributed by atoms with Crippen LogP contribution in [0.1, 0.15) is 19.4 Å². The fourth-order valence-electron chi connectivity index (χ4n) is 2.35. The normalized spacial score (nSPS) is 19.6. The summed E-state index contributed by atoms with van der Waals surface area (Å²) >= 11 is 5.98. The van der Waals surface area contributed by atoms with Crippen molar-refractivity contribution in [3.05, 3.63) is 28.8 Å². The molecule has 1 N–H and O–H groups in total. The standard InChI is InChI=1S/C15H21ClN2O2.ClH/c1-10-8-13(4-5-14(10)16)20-12(3)15(19)18-7-6-17-9-11(18)2;/h4-5,8,11-12,17H,6-7,9H2,1-3H3;1H/t11-,12?;/m0./s1. The number of amides is 1. The van der Waals surface area contributed by atoms with Crippen LogP contribution >= 0.6 is 24.0 Å². The molecule has 1 aromatic rings. The van der Waals surface area contributed by atoms with E-state index in [2.05, 4.69) is 5.32 Å². The minimum absolute atomic E-state index is 0. The van der Waals surface area contributed by atoms with E-state index in [0.717, 1.165) is 25.2 Å². The zero-order valence-electron chi connectivity index (χ0n) is 12.6. The molecule has 2 rings (SSSR count). The second-order valence-corrected chi connectivity index (χ2v) is 5.66. The van der Waals surface area contributed by atoms with Gasteiger partial charge in [0.25, 0.3) is 5.91 Å². The van der Waals surface area contributed by atoms with Crippen LogP contribution in [0.15, 0.2) is 18.2 Å². The molecular formula is C15H22Cl2N2O2. The number of halogens is 2. The second kappa shape index (κ2) is 7.87. The van der Waals surface area contributed by atoms with E-state index in [1.54, 1.807) is 19.1 Å². The van der Waals surface area contributed by atoms with Crippen LogP contribution in [0.5, 0.6) is 5.75 Å². The Morgan fingerprint density at radius 3 is 2.86 bits per heavy atom. The van der Waals surface area contributed by atoms with Crippen molar-refractivity contribution in [3.8, 4) is 5.75 Å². The summed E-state index contributed by atoms with van der Waals surface area (Å²) in [6.45, 7) is 8.15. The molecule has 1 fully saturated rings. The summed E-state index contributed by atoms with van der Waals surface area (Å²) in [5.74, 6) is 0.710. The third-order valence-corrected chi connectivity index (χ3v) is 4.00. The van der Waals surface area contributed by atoms with Gasteiger partial charge in [-0.15, -0.1) is 12.4 Å². The number of carbonyl (C=O) groups excluding carboxylic acids is 1. The summed E-state index contributed by atoms with van der Waals surface area (Å²) in [7, 11) is 0. The number of rotatable bonds is 3. The summed E-state index contributed by atoms with van der Waals surface area (Å²) in [5.41, 5.74) is 0.944. The highest BCUT2D eigenvalue weighted by molar-refractivity contribution is 6.31. The van der Waals surface area contributed by atoms with E-state index in [0.29, 0.717) is 10.8 Å². The highest BCUT2D eigenvalue weighted by Gasteiger charge is 2.27. The smallest absolute Gasteiger partial charge is 0.263 e. The number of ether oxygens (including phenoxy) is 1. The minimum Gasteiger partial charge on any atom is -0.481 e. The van der Waals surface area contributed by atoms with E-state index in [1.807, 2.05) is 24.8 Å². The summed E-state index contributed by atoms with van der Waals surface area (Å²) in [5, 5.41) is 3.97. The lowest BCUT2D eigenvalue weighted by atomic mass is 10.2. The number of nitrogens with zero attached hydrogens (tertiary/aromatic N) is 1. The number of hydrogen-bond acceptors (Lipinski definition) is 3. The molecule has 2 atom stereocenters. The molecule has 0 bridgehead atoms. The Kier molecular flexibility index (Phi) is 6.78. The average Bonchev–Trinajstić information content (AvgIpc) is 2.42. The zero-order valence-corrected chi connectivity index (χ0v) is 14.1. The number of nitrogens with one attached hydrogen (secondary N) is 1. The van der Waals surface area contributed by atoms with Gasteiger partial charge in [-0.2, -0.15) is 0 Å². The quantitative estimate of drug-likeness (QED) is 0.925. The molecule has 1 saturated heterocycles. The predicted molar refractivity (Wildman–Crippen MR) is 87.6 cm³/mol. The van der Waals surface area contributed by atoms with Gasteiger partial charge in [0, 0.05) is 30.7 Å². The third-order valence-electron chi connectivity index (χ3n) is 3.57. The molecule has 0 radical (unpaired) electrons. The lowest BCUT2D eigenvalue weighted by molar-refractivity contribution is -0.140. The molecule has 0 aromatic heterocycles. The summed E-state index contributed by atoms with van der Waals surface area (Å²) in [4.78, 5) is 14.3. The van der Waals surface area contributed by atoms with Gasteiger partial charge in [0.2, 0.25) is 0 Å². The number of aryl methyl sites for hydroxylation is 1. The van der Waals surface area contributed by atoms with Crippen molar-refractivity contribution in [2.45, 2.75) is 32.9 Å². The molecular weight excluding hydrogens is 311 g/mol. The topological polar surface area (TPSA) is 41.6 Å². The zero-order chi connectivity index (χ0) is 14.7. The van der Waals surface area contributed by atoms with Gasteiger partial charge in [0.1, 0.15) is 5.75 Å². The number of benzene rings is 1. The maximum Gasteiger partial charge on any atom is 0.263 e. The summed E-state index contributed by atoms with van der Waals surface area (Å²) in [6.07, 6.45) is -0.490. The predicted octanol–water partition coefficient (Wildman–Crippen LogP) is 2.66. The Balaban J connectivity index is 0.00000220. The van der Waals surface area contributed by atoms with Crippen molar-refractivity contribution in [3.63, 3.8) is 0 Å². The van der Waals surface area contributed by atoms with E-state index in [1.165, 1.54) is 0 Å². The van der Waals surface area contributed by atoms with Crippen LogP contribution in [0.3, 0.4) is 0 Å². The van der Waals surface area contributed by atoms with Crippen molar-refractivity contribution in [2.75, 3.05) is 19.6 Å². The van der Waals surface area contributed by atoms with Crippen LogP contribution in [-0.4, -0.2) is 42.6 Å². The van der Waals surface area contributed by atoms with E-state index in [9.17, 15) is 4.79 Å². The first-order valence-electron chi connectivity index (χ1n) is 6.93. The molecule has 1 aromatic carbocycles. The van der Waals surface area contributed by atoms with Gasteiger partial charge in [0.15, 0.2) is 6.10 Å². The van der Waals surface area contributed by atoms with Gasteiger partial charge in [-0.3, -0.25) is 4.79 Å². The first-order chi connectivity index (χ1) is 9.49. The third kappa shape index (κ3) is 4.50. The highest BCUT2D eigenvalue weighted by Crippen LogP contribution is 2.22. The van der Waals surface area contributed by atoms with Gasteiger partial charge in [-0.25, -0.2) is 0 Å². The van der Waals surface area contributed by atoms with E-state index in [-0.39, 0.29) is 24.4 Å². The van der Waals surface area contributed by atoms with E-state index >= 15 is 0 Å². The Labute approximate surface area is 137 Å². The molecule has 1 heterocycles. The minimum atomic E-state index is -0.490. The molecule has 1 aliphatic heterocycles. The first-order valence-corrected chi connectivity index (χ1v) is 7.31. The Morgan fingerprint density at radius 2 is 2.24 bits per heavy atom. The molecule has 21 heavy (non-hydrogen) atoms. The SMILES string of the molecule is Cc1cc(OC(C)C(=O)N2CCNC[C@@H]2C)ccc1Cl.Cl. The fourth-order valence-corrected chi connectivity index (χ4v) is 2.46. The molecule has 0 saturated carbocycles. The fraction of sp³-hybridized carbons (Fsp3) is 0.533. The van der Waals surface area contributed by atoms with Crippen molar-refractivity contribution in [1.29, 1.82) is 0 Å². The van der Waals surface area contributed by atoms with Crippen LogP contribution in [0, 0.1) is 6.92 Å². The highest BCUT2D eigenvalue weighted by atomic mass is 35.5. The van der Waals surface area contributed by atoms with Gasteiger partial charge >= 0.3 is 0 Å². The second-order valence-electron chi connectivity index (χ2n) is 5.26. The molecule has 1 unspecified atom stereocenters. The number of piperazine rings is 1. The average molecular weight is 333 g/mol. The van der Waals surface area contributed by atoms with Gasteiger partial charge in [-0.05, 0) is 44.5 Å². The largest absolute Gasteiger partial charge is 0.481 e. The van der Waals surface area contributed by atoms with Crippen molar-refractivity contribution in [2.24, 2.45) is 0 Å². The Morgan fingerprint density at radius 1 is 1.52 bits per heavy atom. The van der Waals surface area contributed by atoms with Crippen LogP contribution in [0.2, 0.25) is 5.02 Å². The molecule has 0 spiro atoms. The molecule has 0 aliphatic carbocycles. The summed E-state index contributed by atoms with van der Waals surface area (Å²) < 4.78 is 5.74. The Hall–Kier alpha value is -0.970. The number of hydrogen-bond donors (Lipinski definition) is 1. The lowest BCUT2D eigenvalue weighted by Gasteiger charge is -2.35. The van der Waals surface area contributed by atoms with Crippen LogP contribution in [0.25, 0.3) is 0 Å². The van der Waals surface area contributed by atoms with Crippen molar-refractivity contribution in [1.82, 2.24) is 10.2 Å². The van der Waals surface area contributed by atoms with Crippen molar-refractivity contribution < 1.29 is 9.53 Å². The Bertz CT molecular complexity index is 497. The van der Waals surface area contributed by atoms with Crippen LogP contribution in [0.4, 0.5) is 0 Å². The first kappa shape index (κ1) is 18.1. The maximum absolute atomic E-state index is 12.4. The molecule has 118 valence electrons. The summed E-state index contributed by atoms with van der Waals surface area (Å²) in [6, 6.07) is 5.64. The molecule has 1 amide bonds. The molecule has 4 nitrogen and oxygen atoms in total. The van der Waals surface area contributed by atoms with Gasteiger partial charge < -0.3 is 15.0 Å². The lowest BCUT2D eigenvalue weighted by Crippen LogP contribution is -2.55. The molecule has 6 heteroatoms. The van der Waals surface area contributed by atoms with Gasteiger partial charge in [-0.1, -0.05) is 11.6 Å². The van der Waals surface area contributed by atoms with Crippen LogP contribution in [-0.2, 0) is 4.79 Å².